The Bertz CT molecular complexity index is 1930. The molecule has 2 aliphatic heterocycles. The van der Waals surface area contributed by atoms with Gasteiger partial charge in [0.1, 0.15) is 23.7 Å². The second-order valence-electron chi connectivity index (χ2n) is 11.8. The number of nitrogens with one attached hydrogen (secondary N) is 1. The van der Waals surface area contributed by atoms with Crippen molar-refractivity contribution in [3.8, 4) is 5.75 Å². The molecule has 2 N–H and O–H groups in total. The van der Waals surface area contributed by atoms with Crippen LogP contribution in [0.25, 0.3) is 11.4 Å². The average Bonchev–Trinajstić information content (AvgIpc) is 3.56. The lowest BCUT2D eigenvalue weighted by Gasteiger charge is -2.37. The third kappa shape index (κ3) is 9.02. The van der Waals surface area contributed by atoms with Crippen LogP contribution in [0.5, 0.6) is 5.75 Å². The lowest BCUT2D eigenvalue weighted by molar-refractivity contribution is -0.127. The van der Waals surface area contributed by atoms with Gasteiger partial charge in [-0.25, -0.2) is 0 Å². The fourth-order valence-corrected chi connectivity index (χ4v) is 5.91. The lowest BCUT2D eigenvalue weighted by Crippen LogP contribution is -2.51. The third-order valence-electron chi connectivity index (χ3n) is 8.12. The molecule has 0 bridgehead atoms. The molecule has 51 heavy (non-hydrogen) atoms. The third-order valence-corrected chi connectivity index (χ3v) is 8.43. The van der Waals surface area contributed by atoms with Gasteiger partial charge in [-0.1, -0.05) is 37.3 Å². The number of benzene rings is 1. The van der Waals surface area contributed by atoms with Crippen LogP contribution in [0.3, 0.4) is 0 Å². The summed E-state index contributed by atoms with van der Waals surface area (Å²) in [6, 6.07) is 3.78. The summed E-state index contributed by atoms with van der Waals surface area (Å²) in [5.74, 6) is -0.648. The highest BCUT2D eigenvalue weighted by Crippen LogP contribution is 2.29. The molecule has 1 fully saturated rings. The number of rotatable bonds is 10. The molecule has 0 unspecified atom stereocenters. The molecule has 1 aromatic carbocycles. The number of hydrogen-bond donors (Lipinski definition) is 2. The minimum absolute atomic E-state index is 0.00625. The Morgan fingerprint density at radius 2 is 1.90 bits per heavy atom. The minimum Gasteiger partial charge on any atom is -0.507 e. The van der Waals surface area contributed by atoms with Gasteiger partial charge in [-0.15, -0.1) is 11.7 Å². The van der Waals surface area contributed by atoms with Gasteiger partial charge in [-0.05, 0) is 56.9 Å². The molecule has 0 aliphatic carbocycles. The van der Waals surface area contributed by atoms with Gasteiger partial charge < -0.3 is 34.3 Å². The molecule has 0 radical (unpaired) electrons. The minimum atomic E-state index is -3.03. The van der Waals surface area contributed by atoms with Crippen molar-refractivity contribution in [2.24, 2.45) is 0 Å². The van der Waals surface area contributed by atoms with Crippen molar-refractivity contribution in [3.05, 3.63) is 87.3 Å². The van der Waals surface area contributed by atoms with Gasteiger partial charge in [-0.2, -0.15) is 18.3 Å². The van der Waals surface area contributed by atoms with Crippen LogP contribution in [0.2, 0.25) is 5.02 Å². The van der Waals surface area contributed by atoms with E-state index >= 15 is 0 Å². The molecule has 1 saturated heterocycles. The molecule has 2 amide bonds. The van der Waals surface area contributed by atoms with Crippen LogP contribution in [-0.4, -0.2) is 87.0 Å². The molecular formula is C35H42ClF2N7O6. The predicted molar refractivity (Wildman–Crippen MR) is 192 cm³/mol. The number of carbonyl (C=O) groups is 2. The van der Waals surface area contributed by atoms with E-state index in [9.17, 15) is 28.3 Å². The summed E-state index contributed by atoms with van der Waals surface area (Å²) in [5, 5.41) is 17.5. The number of ether oxygens (including phenoxy) is 2. The smallest absolute Gasteiger partial charge is 0.387 e. The van der Waals surface area contributed by atoms with E-state index in [1.165, 1.54) is 22.7 Å². The summed E-state index contributed by atoms with van der Waals surface area (Å²) < 4.78 is 37.9. The van der Waals surface area contributed by atoms with Crippen LogP contribution in [0.4, 0.5) is 20.2 Å². The Balaban J connectivity index is 0.00000188. The summed E-state index contributed by atoms with van der Waals surface area (Å²) in [6.45, 7) is 12.7. The van der Waals surface area contributed by atoms with Crippen molar-refractivity contribution in [1.82, 2.24) is 24.1 Å². The first-order chi connectivity index (χ1) is 24.3. The van der Waals surface area contributed by atoms with Gasteiger partial charge in [0.2, 0.25) is 11.7 Å². The fourth-order valence-electron chi connectivity index (χ4n) is 5.69. The first-order valence-electron chi connectivity index (χ1n) is 16.3. The van der Waals surface area contributed by atoms with E-state index in [1.807, 2.05) is 24.8 Å². The van der Waals surface area contributed by atoms with E-state index in [1.54, 1.807) is 29.4 Å². The molecular weight excluding hydrogens is 688 g/mol. The van der Waals surface area contributed by atoms with Gasteiger partial charge in [0.25, 0.3) is 11.5 Å². The van der Waals surface area contributed by atoms with E-state index in [0.717, 1.165) is 5.57 Å². The number of aliphatic hydroxyl groups is 1. The number of amides is 2. The van der Waals surface area contributed by atoms with Crippen molar-refractivity contribution in [1.29, 1.82) is 0 Å². The Morgan fingerprint density at radius 3 is 2.47 bits per heavy atom. The van der Waals surface area contributed by atoms with Crippen LogP contribution in [0.15, 0.2) is 65.2 Å². The largest absolute Gasteiger partial charge is 0.507 e. The highest BCUT2D eigenvalue weighted by Gasteiger charge is 2.30. The number of alkyl halides is 2. The lowest BCUT2D eigenvalue weighted by atomic mass is 10.1. The van der Waals surface area contributed by atoms with Gasteiger partial charge in [0, 0.05) is 32.2 Å². The average molecular weight is 730 g/mol. The van der Waals surface area contributed by atoms with Crippen LogP contribution < -0.4 is 20.5 Å². The maximum Gasteiger partial charge on any atom is 0.387 e. The Hall–Kier alpha value is -5.02. The van der Waals surface area contributed by atoms with Crippen LogP contribution in [0, 0.1) is 0 Å². The summed E-state index contributed by atoms with van der Waals surface area (Å²) in [4.78, 5) is 48.8. The molecule has 5 rings (SSSR count). The molecule has 2 aromatic heterocycles. The summed E-state index contributed by atoms with van der Waals surface area (Å²) in [6.07, 6.45) is 4.50. The van der Waals surface area contributed by atoms with E-state index in [-0.39, 0.29) is 59.1 Å². The first kappa shape index (κ1) is 38.8. The Morgan fingerprint density at radius 1 is 1.22 bits per heavy atom. The molecule has 0 saturated carbocycles. The van der Waals surface area contributed by atoms with Crippen molar-refractivity contribution < 1.29 is 33.0 Å². The van der Waals surface area contributed by atoms with Crippen LogP contribution in [0.1, 0.15) is 45.6 Å². The van der Waals surface area contributed by atoms with Gasteiger partial charge in [-0.3, -0.25) is 14.4 Å². The number of anilines is 2. The number of carbonyl (C=O) groups excluding carboxylic acids is 2. The zero-order chi connectivity index (χ0) is 37.4. The van der Waals surface area contributed by atoms with E-state index < -0.39 is 18.1 Å². The Kier molecular flexibility index (Phi) is 13.1. The Labute approximate surface area is 299 Å². The fraction of sp³-hybridized carbons (Fsp3) is 0.400. The number of aliphatic hydroxyl groups excluding tert-OH is 1. The standard InChI is InChI=1S/C32H36ClF2N7O6.C3H6/c1-5-24-26(39-10-12-40(13-11-39)29(45)19(4)27(44)18(2)3)30(46)42-32(37-28(38-42)20-8-14-47-15-9-20)41(24)17-25(43)36-23-7-6-21(16-22(23)33)48-31(34)35;1-3-2/h6-8,16,31,44H,2,5,9-15,17H2,1,3-4H3,(H,36,43);3H,1H2,2H3/b27-19-;. The second-order valence-corrected chi connectivity index (χ2v) is 12.2. The van der Waals surface area contributed by atoms with Crippen molar-refractivity contribution in [2.45, 2.75) is 53.7 Å². The van der Waals surface area contributed by atoms with Gasteiger partial charge >= 0.3 is 6.61 Å². The molecule has 0 atom stereocenters. The molecule has 13 nitrogen and oxygen atoms in total. The van der Waals surface area contributed by atoms with Gasteiger partial charge in [0.15, 0.2) is 5.82 Å². The summed E-state index contributed by atoms with van der Waals surface area (Å²) in [7, 11) is 0. The van der Waals surface area contributed by atoms with E-state index in [4.69, 9.17) is 16.3 Å². The van der Waals surface area contributed by atoms with Crippen molar-refractivity contribution in [2.75, 3.05) is 49.6 Å². The second kappa shape index (κ2) is 17.3. The highest BCUT2D eigenvalue weighted by atomic mass is 35.5. The molecule has 0 spiro atoms. The predicted octanol–water partition coefficient (Wildman–Crippen LogP) is 5.40. The molecule has 274 valence electrons. The molecule has 4 heterocycles. The van der Waals surface area contributed by atoms with Crippen molar-refractivity contribution >= 4 is 46.1 Å². The number of fused-ring (bicyclic) bond motifs is 1. The number of allylic oxidation sites excluding steroid dienone is 2. The van der Waals surface area contributed by atoms with Crippen LogP contribution >= 0.6 is 11.6 Å². The zero-order valence-corrected chi connectivity index (χ0v) is 29.8. The first-order valence-corrected chi connectivity index (χ1v) is 16.7. The summed E-state index contributed by atoms with van der Waals surface area (Å²) >= 11 is 6.25. The molecule has 16 heteroatoms. The van der Waals surface area contributed by atoms with E-state index in [0.29, 0.717) is 61.9 Å². The highest BCUT2D eigenvalue weighted by molar-refractivity contribution is 6.33. The zero-order valence-electron chi connectivity index (χ0n) is 29.0. The number of halogens is 3. The van der Waals surface area contributed by atoms with E-state index in [2.05, 4.69) is 33.3 Å². The van der Waals surface area contributed by atoms with Crippen molar-refractivity contribution in [3.63, 3.8) is 0 Å². The topological polar surface area (TPSA) is 144 Å². The summed E-state index contributed by atoms with van der Waals surface area (Å²) in [5.41, 5.74) is 2.00. The number of aromatic nitrogens is 4. The van der Waals surface area contributed by atoms with Crippen LogP contribution in [-0.2, 0) is 27.3 Å². The quantitative estimate of drug-likeness (QED) is 0.121. The SMILES string of the molecule is C=C(C)/C(O)=C(\C)C(=O)N1CCN(c2c(CC)n(CC(=O)Nc3ccc(OC(F)F)cc3Cl)c3nc(C4=CCOCC4)nn3c2=O)CC1.C=CC. The number of hydrogen-bond acceptors (Lipinski definition) is 9. The molecule has 3 aromatic rings. The monoisotopic (exact) mass is 729 g/mol. The van der Waals surface area contributed by atoms with Gasteiger partial charge in [0.05, 0.1) is 35.2 Å². The maximum absolute atomic E-state index is 14.1. The molecule has 2 aliphatic rings. The normalized spacial score (nSPS) is 15.1. The number of nitrogens with zero attached hydrogens (tertiary/aromatic N) is 6. The number of piperazine rings is 1. The maximum atomic E-state index is 14.1.